The third kappa shape index (κ3) is 2.31. The molecule has 0 atom stereocenters. The SMILES string of the molecule is COc1ccncc1-c1ccccc1C(C)C. The summed E-state index contributed by atoms with van der Waals surface area (Å²) in [5, 5.41) is 0. The predicted molar refractivity (Wildman–Crippen MR) is 70.3 cm³/mol. The van der Waals surface area contributed by atoms with Crippen LogP contribution >= 0.6 is 0 Å². The van der Waals surface area contributed by atoms with Crippen molar-refractivity contribution in [1.29, 1.82) is 0 Å². The van der Waals surface area contributed by atoms with Gasteiger partial charge < -0.3 is 4.74 Å². The molecule has 2 heteroatoms. The number of ether oxygens (including phenoxy) is 1. The normalized spacial score (nSPS) is 10.6. The van der Waals surface area contributed by atoms with E-state index < -0.39 is 0 Å². The molecule has 0 aliphatic heterocycles. The van der Waals surface area contributed by atoms with E-state index in [1.54, 1.807) is 13.3 Å². The lowest BCUT2D eigenvalue weighted by Gasteiger charge is -2.14. The van der Waals surface area contributed by atoms with Crippen molar-refractivity contribution in [1.82, 2.24) is 4.98 Å². The van der Waals surface area contributed by atoms with Crippen molar-refractivity contribution in [2.45, 2.75) is 19.8 Å². The van der Waals surface area contributed by atoms with Crippen molar-refractivity contribution in [3.63, 3.8) is 0 Å². The van der Waals surface area contributed by atoms with Gasteiger partial charge in [0, 0.05) is 18.0 Å². The fourth-order valence-electron chi connectivity index (χ4n) is 2.01. The zero-order valence-electron chi connectivity index (χ0n) is 10.5. The minimum atomic E-state index is 0.483. The van der Waals surface area contributed by atoms with Crippen LogP contribution in [-0.4, -0.2) is 12.1 Å². The van der Waals surface area contributed by atoms with E-state index in [2.05, 4.69) is 37.0 Å². The van der Waals surface area contributed by atoms with E-state index in [-0.39, 0.29) is 0 Å². The van der Waals surface area contributed by atoms with Crippen molar-refractivity contribution >= 4 is 0 Å². The van der Waals surface area contributed by atoms with Gasteiger partial charge in [-0.3, -0.25) is 4.98 Å². The molecule has 88 valence electrons. The molecule has 0 spiro atoms. The zero-order chi connectivity index (χ0) is 12.3. The molecular formula is C15H17NO. The second-order valence-corrected chi connectivity index (χ2v) is 4.32. The van der Waals surface area contributed by atoms with Gasteiger partial charge in [0.05, 0.1) is 7.11 Å². The lowest BCUT2D eigenvalue weighted by Crippen LogP contribution is -1.95. The van der Waals surface area contributed by atoms with Crippen molar-refractivity contribution in [3.8, 4) is 16.9 Å². The molecule has 0 saturated heterocycles. The Balaban J connectivity index is 2.60. The smallest absolute Gasteiger partial charge is 0.129 e. The van der Waals surface area contributed by atoms with Crippen molar-refractivity contribution in [3.05, 3.63) is 48.3 Å². The second kappa shape index (κ2) is 5.00. The third-order valence-electron chi connectivity index (χ3n) is 2.87. The van der Waals surface area contributed by atoms with Gasteiger partial charge in [-0.2, -0.15) is 0 Å². The first-order valence-electron chi connectivity index (χ1n) is 5.81. The Hall–Kier alpha value is -1.83. The monoisotopic (exact) mass is 227 g/mol. The van der Waals surface area contributed by atoms with Crippen molar-refractivity contribution < 1.29 is 4.74 Å². The molecule has 1 aromatic heterocycles. The van der Waals surface area contributed by atoms with Crippen LogP contribution < -0.4 is 4.74 Å². The lowest BCUT2D eigenvalue weighted by atomic mass is 9.93. The van der Waals surface area contributed by atoms with E-state index in [1.807, 2.05) is 18.3 Å². The number of rotatable bonds is 3. The largest absolute Gasteiger partial charge is 0.496 e. The molecule has 2 rings (SSSR count). The molecule has 17 heavy (non-hydrogen) atoms. The highest BCUT2D eigenvalue weighted by molar-refractivity contribution is 5.72. The fourth-order valence-corrected chi connectivity index (χ4v) is 2.01. The summed E-state index contributed by atoms with van der Waals surface area (Å²) in [6, 6.07) is 10.3. The van der Waals surface area contributed by atoms with Crippen LogP contribution in [0.25, 0.3) is 11.1 Å². The highest BCUT2D eigenvalue weighted by atomic mass is 16.5. The van der Waals surface area contributed by atoms with E-state index >= 15 is 0 Å². The van der Waals surface area contributed by atoms with E-state index in [9.17, 15) is 0 Å². The molecule has 1 aromatic carbocycles. The molecule has 2 aromatic rings. The average Bonchev–Trinajstić information content (AvgIpc) is 2.38. The Labute approximate surface area is 102 Å². The molecule has 0 fully saturated rings. The molecule has 0 amide bonds. The van der Waals surface area contributed by atoms with Crippen LogP contribution in [0.5, 0.6) is 5.75 Å². The number of aromatic nitrogens is 1. The van der Waals surface area contributed by atoms with Gasteiger partial charge in [0.1, 0.15) is 5.75 Å². The number of hydrogen-bond acceptors (Lipinski definition) is 2. The molecule has 2 nitrogen and oxygen atoms in total. The summed E-state index contributed by atoms with van der Waals surface area (Å²) < 4.78 is 5.39. The molecule has 0 saturated carbocycles. The molecule has 1 heterocycles. The highest BCUT2D eigenvalue weighted by Crippen LogP contribution is 2.34. The maximum Gasteiger partial charge on any atom is 0.129 e. The Bertz CT molecular complexity index is 506. The molecule has 0 bridgehead atoms. The summed E-state index contributed by atoms with van der Waals surface area (Å²) in [5.41, 5.74) is 3.57. The molecule has 0 aliphatic rings. The van der Waals surface area contributed by atoms with Gasteiger partial charge in [-0.25, -0.2) is 0 Å². The van der Waals surface area contributed by atoms with Gasteiger partial charge in [-0.1, -0.05) is 38.1 Å². The van der Waals surface area contributed by atoms with E-state index in [4.69, 9.17) is 4.74 Å². The maximum atomic E-state index is 5.39. The average molecular weight is 227 g/mol. The van der Waals surface area contributed by atoms with Crippen LogP contribution in [0.15, 0.2) is 42.7 Å². The summed E-state index contributed by atoms with van der Waals surface area (Å²) in [4.78, 5) is 4.19. The topological polar surface area (TPSA) is 22.1 Å². The van der Waals surface area contributed by atoms with Crippen LogP contribution in [0.2, 0.25) is 0 Å². The third-order valence-corrected chi connectivity index (χ3v) is 2.87. The van der Waals surface area contributed by atoms with Gasteiger partial charge in [-0.15, -0.1) is 0 Å². The predicted octanol–water partition coefficient (Wildman–Crippen LogP) is 3.88. The maximum absolute atomic E-state index is 5.39. The van der Waals surface area contributed by atoms with Gasteiger partial charge in [0.25, 0.3) is 0 Å². The molecule has 0 unspecified atom stereocenters. The van der Waals surface area contributed by atoms with Crippen LogP contribution in [-0.2, 0) is 0 Å². The number of benzene rings is 1. The Kier molecular flexibility index (Phi) is 3.43. The summed E-state index contributed by atoms with van der Waals surface area (Å²) in [6.07, 6.45) is 3.61. The van der Waals surface area contributed by atoms with Gasteiger partial charge in [0.15, 0.2) is 0 Å². The standard InChI is InChI=1S/C15H17NO/c1-11(2)12-6-4-5-7-13(12)14-10-16-9-8-15(14)17-3/h4-11H,1-3H3. The second-order valence-electron chi connectivity index (χ2n) is 4.32. The molecular weight excluding hydrogens is 210 g/mol. The summed E-state index contributed by atoms with van der Waals surface area (Å²) >= 11 is 0. The number of methoxy groups -OCH3 is 1. The Morgan fingerprint density at radius 1 is 1.06 bits per heavy atom. The first kappa shape index (κ1) is 11.6. The number of nitrogens with zero attached hydrogens (tertiary/aromatic N) is 1. The minimum absolute atomic E-state index is 0.483. The molecule has 0 aliphatic carbocycles. The molecule has 0 N–H and O–H groups in total. The summed E-state index contributed by atoms with van der Waals surface area (Å²) in [6.45, 7) is 4.39. The van der Waals surface area contributed by atoms with Crippen LogP contribution in [0.1, 0.15) is 25.3 Å². The summed E-state index contributed by atoms with van der Waals surface area (Å²) in [7, 11) is 1.69. The quantitative estimate of drug-likeness (QED) is 0.793. The van der Waals surface area contributed by atoms with Crippen LogP contribution in [0.4, 0.5) is 0 Å². The van der Waals surface area contributed by atoms with Gasteiger partial charge >= 0.3 is 0 Å². The van der Waals surface area contributed by atoms with Crippen molar-refractivity contribution in [2.75, 3.05) is 7.11 Å². The van der Waals surface area contributed by atoms with E-state index in [1.165, 1.54) is 11.1 Å². The van der Waals surface area contributed by atoms with Crippen LogP contribution in [0, 0.1) is 0 Å². The summed E-state index contributed by atoms with van der Waals surface area (Å²) in [5.74, 6) is 1.35. The first-order valence-corrected chi connectivity index (χ1v) is 5.81. The van der Waals surface area contributed by atoms with Gasteiger partial charge in [0.2, 0.25) is 0 Å². The fraction of sp³-hybridized carbons (Fsp3) is 0.267. The first-order chi connectivity index (χ1) is 8.24. The van der Waals surface area contributed by atoms with Gasteiger partial charge in [-0.05, 0) is 23.1 Å². The number of pyridine rings is 1. The Morgan fingerprint density at radius 3 is 2.53 bits per heavy atom. The van der Waals surface area contributed by atoms with E-state index in [0.717, 1.165) is 11.3 Å². The minimum Gasteiger partial charge on any atom is -0.496 e. The van der Waals surface area contributed by atoms with Crippen LogP contribution in [0.3, 0.4) is 0 Å². The molecule has 0 radical (unpaired) electrons. The van der Waals surface area contributed by atoms with Crippen molar-refractivity contribution in [2.24, 2.45) is 0 Å². The Morgan fingerprint density at radius 2 is 1.82 bits per heavy atom. The highest BCUT2D eigenvalue weighted by Gasteiger charge is 2.11. The van der Waals surface area contributed by atoms with E-state index in [0.29, 0.717) is 5.92 Å². The number of hydrogen-bond donors (Lipinski definition) is 0. The lowest BCUT2D eigenvalue weighted by molar-refractivity contribution is 0.416. The zero-order valence-corrected chi connectivity index (χ0v) is 10.5.